The van der Waals surface area contributed by atoms with Crippen molar-refractivity contribution in [2.75, 3.05) is 20.3 Å². The fraction of sp³-hybridized carbons (Fsp3) is 0.571. The molecule has 132 valence electrons. The van der Waals surface area contributed by atoms with E-state index in [0.717, 1.165) is 0 Å². The van der Waals surface area contributed by atoms with Gasteiger partial charge < -0.3 is 15.2 Å². The van der Waals surface area contributed by atoms with Gasteiger partial charge in [0.2, 0.25) is 0 Å². The average Bonchev–Trinajstić information content (AvgIpc) is 2.42. The van der Waals surface area contributed by atoms with Gasteiger partial charge in [-0.3, -0.25) is 0 Å². The summed E-state index contributed by atoms with van der Waals surface area (Å²) in [6.07, 6.45) is -10.7. The highest BCUT2D eigenvalue weighted by atomic mass is 19.4. The van der Waals surface area contributed by atoms with Crippen molar-refractivity contribution >= 4 is 0 Å². The molecule has 1 aromatic rings. The summed E-state index contributed by atoms with van der Waals surface area (Å²) in [4.78, 5) is 0. The molecule has 0 fully saturated rings. The summed E-state index contributed by atoms with van der Waals surface area (Å²) < 4.78 is 81.3. The standard InChI is InChI=1S/C14H17F6NO2/c1-8(21-6-12(22)7-23-2)9-3-10(13(15,16)17)5-11(4-9)14(18,19)20/h3-5,8,12,21-22H,6-7H2,1-2H3. The van der Waals surface area contributed by atoms with Gasteiger partial charge in [-0.15, -0.1) is 0 Å². The second-order valence-electron chi connectivity index (χ2n) is 5.08. The Morgan fingerprint density at radius 1 is 1.04 bits per heavy atom. The minimum atomic E-state index is -4.88. The molecule has 1 rings (SSSR count). The van der Waals surface area contributed by atoms with E-state index in [1.165, 1.54) is 14.0 Å². The largest absolute Gasteiger partial charge is 0.416 e. The molecule has 2 unspecified atom stereocenters. The number of aliphatic hydroxyl groups is 1. The Morgan fingerprint density at radius 3 is 1.91 bits per heavy atom. The molecule has 0 amide bonds. The van der Waals surface area contributed by atoms with Crippen LogP contribution in [0.2, 0.25) is 0 Å². The lowest BCUT2D eigenvalue weighted by Crippen LogP contribution is -2.32. The number of hydrogen-bond donors (Lipinski definition) is 2. The molecule has 0 aliphatic carbocycles. The van der Waals surface area contributed by atoms with Crippen molar-refractivity contribution in [1.29, 1.82) is 0 Å². The second kappa shape index (κ2) is 7.50. The molecular weight excluding hydrogens is 328 g/mol. The molecule has 0 saturated heterocycles. The molecule has 0 aromatic heterocycles. The molecule has 3 nitrogen and oxygen atoms in total. The maximum atomic E-state index is 12.8. The van der Waals surface area contributed by atoms with Crippen molar-refractivity contribution in [3.63, 3.8) is 0 Å². The molecule has 0 aliphatic rings. The Labute approximate surface area is 129 Å². The first-order chi connectivity index (χ1) is 10.4. The molecule has 23 heavy (non-hydrogen) atoms. The Morgan fingerprint density at radius 2 is 1.52 bits per heavy atom. The van der Waals surface area contributed by atoms with Gasteiger partial charge in [-0.05, 0) is 30.7 Å². The van der Waals surface area contributed by atoms with Crippen molar-refractivity contribution in [2.24, 2.45) is 0 Å². The number of methoxy groups -OCH3 is 1. The molecule has 0 aliphatic heterocycles. The number of rotatable bonds is 6. The van der Waals surface area contributed by atoms with Crippen LogP contribution in [0.4, 0.5) is 26.3 Å². The normalized spacial score (nSPS) is 15.5. The van der Waals surface area contributed by atoms with E-state index in [4.69, 9.17) is 0 Å². The molecule has 2 atom stereocenters. The fourth-order valence-corrected chi connectivity index (χ4v) is 1.91. The second-order valence-corrected chi connectivity index (χ2v) is 5.08. The van der Waals surface area contributed by atoms with Gasteiger partial charge in [0.05, 0.1) is 23.8 Å². The summed E-state index contributed by atoms with van der Waals surface area (Å²) in [5, 5.41) is 12.1. The number of benzene rings is 1. The number of halogens is 6. The van der Waals surface area contributed by atoms with Crippen LogP contribution in [0.3, 0.4) is 0 Å². The minimum Gasteiger partial charge on any atom is -0.389 e. The number of aliphatic hydroxyl groups excluding tert-OH is 1. The van der Waals surface area contributed by atoms with Crippen LogP contribution in [0.25, 0.3) is 0 Å². The van der Waals surface area contributed by atoms with Crippen molar-refractivity contribution in [1.82, 2.24) is 5.32 Å². The van der Waals surface area contributed by atoms with Crippen molar-refractivity contribution < 1.29 is 36.2 Å². The van der Waals surface area contributed by atoms with Crippen LogP contribution in [0.5, 0.6) is 0 Å². The van der Waals surface area contributed by atoms with Gasteiger partial charge in [0.25, 0.3) is 0 Å². The summed E-state index contributed by atoms with van der Waals surface area (Å²) in [6.45, 7) is 1.37. The Hall–Kier alpha value is -1.32. The van der Waals surface area contributed by atoms with E-state index in [2.05, 4.69) is 10.1 Å². The van der Waals surface area contributed by atoms with E-state index >= 15 is 0 Å². The van der Waals surface area contributed by atoms with Crippen LogP contribution in [0.1, 0.15) is 29.7 Å². The van der Waals surface area contributed by atoms with Crippen LogP contribution in [-0.4, -0.2) is 31.5 Å². The molecule has 0 radical (unpaired) electrons. The van der Waals surface area contributed by atoms with Crippen molar-refractivity contribution in [3.8, 4) is 0 Å². The zero-order valence-corrected chi connectivity index (χ0v) is 12.4. The maximum absolute atomic E-state index is 12.8. The fourth-order valence-electron chi connectivity index (χ4n) is 1.91. The first-order valence-electron chi connectivity index (χ1n) is 6.65. The highest BCUT2D eigenvalue weighted by molar-refractivity contribution is 5.35. The lowest BCUT2D eigenvalue weighted by Gasteiger charge is -2.20. The first-order valence-corrected chi connectivity index (χ1v) is 6.65. The third kappa shape index (κ3) is 6.00. The summed E-state index contributed by atoms with van der Waals surface area (Å²) in [6, 6.07) is 0.589. The lowest BCUT2D eigenvalue weighted by atomic mass is 10.00. The van der Waals surface area contributed by atoms with E-state index in [1.54, 1.807) is 0 Å². The predicted molar refractivity (Wildman–Crippen MR) is 70.7 cm³/mol. The van der Waals surface area contributed by atoms with Crippen molar-refractivity contribution in [3.05, 3.63) is 34.9 Å². The summed E-state index contributed by atoms with van der Waals surface area (Å²) >= 11 is 0. The number of hydrogen-bond acceptors (Lipinski definition) is 3. The Balaban J connectivity index is 3.05. The zero-order valence-electron chi connectivity index (χ0n) is 12.4. The van der Waals surface area contributed by atoms with Gasteiger partial charge in [0, 0.05) is 19.7 Å². The van der Waals surface area contributed by atoms with Gasteiger partial charge >= 0.3 is 12.4 Å². The first kappa shape index (κ1) is 19.7. The molecule has 0 heterocycles. The van der Waals surface area contributed by atoms with E-state index in [9.17, 15) is 31.4 Å². The SMILES string of the molecule is COCC(O)CNC(C)c1cc(C(F)(F)F)cc(C(F)(F)F)c1. The summed E-state index contributed by atoms with van der Waals surface area (Å²) in [7, 11) is 1.36. The molecule has 1 aromatic carbocycles. The van der Waals surface area contributed by atoms with E-state index < -0.39 is 35.6 Å². The zero-order chi connectivity index (χ0) is 17.8. The van der Waals surface area contributed by atoms with E-state index in [-0.39, 0.29) is 24.8 Å². The van der Waals surface area contributed by atoms with Crippen LogP contribution in [-0.2, 0) is 17.1 Å². The highest BCUT2D eigenvalue weighted by Crippen LogP contribution is 2.37. The predicted octanol–water partition coefficient (Wildman–Crippen LogP) is 3.38. The number of nitrogens with one attached hydrogen (secondary N) is 1. The Kier molecular flexibility index (Phi) is 6.43. The molecule has 2 N–H and O–H groups in total. The topological polar surface area (TPSA) is 41.5 Å². The summed E-state index contributed by atoms with van der Waals surface area (Å²) in [5.41, 5.74) is -2.90. The minimum absolute atomic E-state index is 0.00386. The van der Waals surface area contributed by atoms with E-state index in [0.29, 0.717) is 12.1 Å². The molecule has 9 heteroatoms. The maximum Gasteiger partial charge on any atom is 0.416 e. The van der Waals surface area contributed by atoms with Crippen LogP contribution < -0.4 is 5.32 Å². The molecule has 0 bridgehead atoms. The van der Waals surface area contributed by atoms with Gasteiger partial charge in [-0.25, -0.2) is 0 Å². The van der Waals surface area contributed by atoms with Crippen LogP contribution >= 0.6 is 0 Å². The lowest BCUT2D eigenvalue weighted by molar-refractivity contribution is -0.143. The van der Waals surface area contributed by atoms with Gasteiger partial charge in [-0.2, -0.15) is 26.3 Å². The number of alkyl halides is 6. The molecule has 0 saturated carbocycles. The number of ether oxygens (including phenoxy) is 1. The third-order valence-corrected chi connectivity index (χ3v) is 3.13. The molecule has 0 spiro atoms. The summed E-state index contributed by atoms with van der Waals surface area (Å²) in [5.74, 6) is 0. The quantitative estimate of drug-likeness (QED) is 0.777. The van der Waals surface area contributed by atoms with Crippen LogP contribution in [0, 0.1) is 0 Å². The third-order valence-electron chi connectivity index (χ3n) is 3.13. The molecular formula is C14H17F6NO2. The average molecular weight is 345 g/mol. The van der Waals surface area contributed by atoms with Gasteiger partial charge in [0.1, 0.15) is 0 Å². The van der Waals surface area contributed by atoms with Crippen LogP contribution in [0.15, 0.2) is 18.2 Å². The van der Waals surface area contributed by atoms with Gasteiger partial charge in [-0.1, -0.05) is 0 Å². The smallest absolute Gasteiger partial charge is 0.389 e. The van der Waals surface area contributed by atoms with Gasteiger partial charge in [0.15, 0.2) is 0 Å². The van der Waals surface area contributed by atoms with Crippen molar-refractivity contribution in [2.45, 2.75) is 31.4 Å². The Bertz CT molecular complexity index is 483. The van der Waals surface area contributed by atoms with E-state index in [1.807, 2.05) is 0 Å². The monoisotopic (exact) mass is 345 g/mol. The highest BCUT2D eigenvalue weighted by Gasteiger charge is 2.37.